The zero-order chi connectivity index (χ0) is 18.3. The Morgan fingerprint density at radius 1 is 0.923 bits per heavy atom. The summed E-state index contributed by atoms with van der Waals surface area (Å²) in [5, 5.41) is 4.76. The van der Waals surface area contributed by atoms with Crippen LogP contribution in [0.3, 0.4) is 0 Å². The topological polar surface area (TPSA) is 69.6 Å². The molecule has 4 rings (SSSR count). The smallest absolute Gasteiger partial charge is 0.399 e. The first kappa shape index (κ1) is 16.1. The Labute approximate surface area is 145 Å². The van der Waals surface area contributed by atoms with E-state index >= 15 is 0 Å². The van der Waals surface area contributed by atoms with Gasteiger partial charge < -0.3 is 5.73 Å². The van der Waals surface area contributed by atoms with E-state index in [1.165, 1.54) is 23.0 Å². The van der Waals surface area contributed by atoms with Crippen LogP contribution in [-0.4, -0.2) is 19.7 Å². The van der Waals surface area contributed by atoms with E-state index in [1.54, 1.807) is 24.5 Å². The van der Waals surface area contributed by atoms with Crippen LogP contribution in [0.25, 0.3) is 27.8 Å². The largest absolute Gasteiger partial charge is 0.433 e. The number of aromatic nitrogens is 4. The molecule has 0 atom stereocenters. The minimum atomic E-state index is -4.49. The van der Waals surface area contributed by atoms with E-state index < -0.39 is 11.9 Å². The summed E-state index contributed by atoms with van der Waals surface area (Å²) >= 11 is 0. The second kappa shape index (κ2) is 5.83. The van der Waals surface area contributed by atoms with E-state index in [1.807, 2.05) is 12.1 Å². The summed E-state index contributed by atoms with van der Waals surface area (Å²) in [6.45, 7) is 0. The highest BCUT2D eigenvalue weighted by atomic mass is 19.4. The predicted molar refractivity (Wildman–Crippen MR) is 91.5 cm³/mol. The average molecular weight is 355 g/mol. The molecule has 2 N–H and O–H groups in total. The third-order valence-electron chi connectivity index (χ3n) is 3.93. The molecule has 0 aliphatic rings. The highest BCUT2D eigenvalue weighted by molar-refractivity contribution is 5.85. The molecule has 3 heterocycles. The van der Waals surface area contributed by atoms with E-state index in [9.17, 15) is 13.2 Å². The van der Waals surface area contributed by atoms with E-state index in [4.69, 9.17) is 5.73 Å². The molecule has 4 aromatic rings. The normalized spacial score (nSPS) is 11.8. The van der Waals surface area contributed by atoms with Crippen molar-refractivity contribution in [3.63, 3.8) is 0 Å². The lowest BCUT2D eigenvalue weighted by atomic mass is 10.1. The SMILES string of the molecule is Nc1ccc(-c2cnn(-c3nccc4nc(C(F)(F)F)ccc34)c2)cc1. The van der Waals surface area contributed by atoms with Gasteiger partial charge in [-0.3, -0.25) is 0 Å². The fourth-order valence-corrected chi connectivity index (χ4v) is 2.64. The molecule has 8 heteroatoms. The molecule has 0 spiro atoms. The highest BCUT2D eigenvalue weighted by Gasteiger charge is 2.32. The van der Waals surface area contributed by atoms with Crippen molar-refractivity contribution in [2.24, 2.45) is 0 Å². The predicted octanol–water partition coefficient (Wildman–Crippen LogP) is 4.08. The van der Waals surface area contributed by atoms with Crippen LogP contribution in [0.4, 0.5) is 18.9 Å². The highest BCUT2D eigenvalue weighted by Crippen LogP contribution is 2.30. The third-order valence-corrected chi connectivity index (χ3v) is 3.93. The summed E-state index contributed by atoms with van der Waals surface area (Å²) in [5.41, 5.74) is 7.36. The fraction of sp³-hybridized carbons (Fsp3) is 0.0556. The lowest BCUT2D eigenvalue weighted by Crippen LogP contribution is -2.08. The molecule has 3 aromatic heterocycles. The van der Waals surface area contributed by atoms with Crippen LogP contribution < -0.4 is 5.73 Å². The number of rotatable bonds is 2. The van der Waals surface area contributed by atoms with Gasteiger partial charge in [0.05, 0.1) is 11.7 Å². The maximum atomic E-state index is 12.9. The van der Waals surface area contributed by atoms with E-state index in [0.717, 1.165) is 17.2 Å². The Balaban J connectivity index is 1.79. The van der Waals surface area contributed by atoms with Crippen LogP contribution in [0.1, 0.15) is 5.69 Å². The molecule has 0 aliphatic carbocycles. The van der Waals surface area contributed by atoms with Gasteiger partial charge >= 0.3 is 6.18 Å². The first-order chi connectivity index (χ1) is 12.4. The molecule has 26 heavy (non-hydrogen) atoms. The second-order valence-corrected chi connectivity index (χ2v) is 5.69. The van der Waals surface area contributed by atoms with Gasteiger partial charge in [-0.25, -0.2) is 14.6 Å². The zero-order valence-electron chi connectivity index (χ0n) is 13.3. The quantitative estimate of drug-likeness (QED) is 0.550. The zero-order valence-corrected chi connectivity index (χ0v) is 13.3. The summed E-state index contributed by atoms with van der Waals surface area (Å²) in [6.07, 6.45) is 0.329. The minimum Gasteiger partial charge on any atom is -0.399 e. The average Bonchev–Trinajstić information content (AvgIpc) is 3.10. The number of nitrogens with zero attached hydrogens (tertiary/aromatic N) is 4. The van der Waals surface area contributed by atoms with Gasteiger partial charge in [0.25, 0.3) is 0 Å². The maximum absolute atomic E-state index is 12.9. The van der Waals surface area contributed by atoms with Crippen molar-refractivity contribution >= 4 is 16.6 Å². The summed E-state index contributed by atoms with van der Waals surface area (Å²) < 4.78 is 40.1. The molecule has 0 fully saturated rings. The second-order valence-electron chi connectivity index (χ2n) is 5.69. The standard InChI is InChI=1S/C18H12F3N5/c19-18(20,21)16-6-5-14-15(25-16)7-8-23-17(14)26-10-12(9-24-26)11-1-3-13(22)4-2-11/h1-10H,22H2. The van der Waals surface area contributed by atoms with Crippen molar-refractivity contribution in [2.75, 3.05) is 5.73 Å². The first-order valence-corrected chi connectivity index (χ1v) is 7.66. The number of fused-ring (bicyclic) bond motifs is 1. The number of pyridine rings is 2. The molecule has 0 saturated carbocycles. The lowest BCUT2D eigenvalue weighted by molar-refractivity contribution is -0.140. The Bertz CT molecular complexity index is 1080. The fourth-order valence-electron chi connectivity index (χ4n) is 2.64. The van der Waals surface area contributed by atoms with E-state index in [-0.39, 0.29) is 5.52 Å². The van der Waals surface area contributed by atoms with Gasteiger partial charge in [-0.1, -0.05) is 12.1 Å². The first-order valence-electron chi connectivity index (χ1n) is 7.66. The van der Waals surface area contributed by atoms with Crippen molar-refractivity contribution < 1.29 is 13.2 Å². The lowest BCUT2D eigenvalue weighted by Gasteiger charge is -2.09. The molecule has 5 nitrogen and oxygen atoms in total. The minimum absolute atomic E-state index is 0.203. The van der Waals surface area contributed by atoms with Crippen LogP contribution in [0.2, 0.25) is 0 Å². The number of nitrogens with two attached hydrogens (primary N) is 1. The Kier molecular flexibility index (Phi) is 3.61. The van der Waals surface area contributed by atoms with E-state index in [0.29, 0.717) is 16.9 Å². The Hall–Kier alpha value is -3.42. The van der Waals surface area contributed by atoms with Crippen LogP contribution in [0.15, 0.2) is 61.1 Å². The van der Waals surface area contributed by atoms with Gasteiger partial charge in [0.2, 0.25) is 0 Å². The molecule has 0 bridgehead atoms. The molecule has 0 amide bonds. The molecular weight excluding hydrogens is 343 g/mol. The van der Waals surface area contributed by atoms with Gasteiger partial charge in [-0.2, -0.15) is 18.3 Å². The number of nitrogen functional groups attached to an aromatic ring is 1. The van der Waals surface area contributed by atoms with Crippen LogP contribution in [-0.2, 0) is 6.18 Å². The monoisotopic (exact) mass is 355 g/mol. The summed E-state index contributed by atoms with van der Waals surface area (Å²) in [6, 6.07) is 11.0. The number of benzene rings is 1. The van der Waals surface area contributed by atoms with Gasteiger partial charge in [-0.15, -0.1) is 0 Å². The third kappa shape index (κ3) is 2.85. The summed E-state index contributed by atoms with van der Waals surface area (Å²) in [7, 11) is 0. The maximum Gasteiger partial charge on any atom is 0.433 e. The van der Waals surface area contributed by atoms with E-state index in [2.05, 4.69) is 15.1 Å². The summed E-state index contributed by atoms with van der Waals surface area (Å²) in [5.74, 6) is 0.408. The Morgan fingerprint density at radius 2 is 1.69 bits per heavy atom. The molecule has 130 valence electrons. The molecule has 1 aromatic carbocycles. The van der Waals surface area contributed by atoms with Gasteiger partial charge in [0, 0.05) is 29.0 Å². The Morgan fingerprint density at radius 3 is 2.42 bits per heavy atom. The molecule has 0 aliphatic heterocycles. The van der Waals surface area contributed by atoms with Gasteiger partial charge in [0.15, 0.2) is 5.82 Å². The number of alkyl halides is 3. The molecular formula is C18H12F3N5. The van der Waals surface area contributed by atoms with Gasteiger partial charge in [0.1, 0.15) is 5.69 Å². The van der Waals surface area contributed by atoms with Crippen molar-refractivity contribution in [2.45, 2.75) is 6.18 Å². The van der Waals surface area contributed by atoms with Crippen LogP contribution >= 0.6 is 0 Å². The van der Waals surface area contributed by atoms with Crippen LogP contribution in [0.5, 0.6) is 0 Å². The number of hydrogen-bond donors (Lipinski definition) is 1. The van der Waals surface area contributed by atoms with Crippen molar-refractivity contribution in [1.29, 1.82) is 0 Å². The van der Waals surface area contributed by atoms with Crippen molar-refractivity contribution in [1.82, 2.24) is 19.7 Å². The molecule has 0 saturated heterocycles. The number of halogens is 3. The van der Waals surface area contributed by atoms with Crippen molar-refractivity contribution in [3.8, 4) is 16.9 Å². The molecule has 0 radical (unpaired) electrons. The van der Waals surface area contributed by atoms with Gasteiger partial charge in [-0.05, 0) is 35.9 Å². The molecule has 0 unspecified atom stereocenters. The number of anilines is 1. The number of hydrogen-bond acceptors (Lipinski definition) is 4. The van der Waals surface area contributed by atoms with Crippen LogP contribution in [0, 0.1) is 0 Å². The van der Waals surface area contributed by atoms with Crippen molar-refractivity contribution in [3.05, 3.63) is 66.7 Å². The summed E-state index contributed by atoms with van der Waals surface area (Å²) in [4.78, 5) is 7.94.